The van der Waals surface area contributed by atoms with Gasteiger partial charge >= 0.3 is 0 Å². The van der Waals surface area contributed by atoms with Gasteiger partial charge in [0.2, 0.25) is 0 Å². The molecule has 0 saturated carbocycles. The molecule has 198 valence electrons. The summed E-state index contributed by atoms with van der Waals surface area (Å²) in [7, 11) is 0. The number of fused-ring (bicyclic) bond motifs is 1. The SMILES string of the molecule is CCC(CC)NC(=O)COc1cccc(-c2nc(Nc3ccc(-c4cn[nH]c4)cc3)c3cc(C)ccc3n2)c1. The predicted octanol–water partition coefficient (Wildman–Crippen LogP) is 6.42. The lowest BCUT2D eigenvalue weighted by atomic mass is 10.1. The van der Waals surface area contributed by atoms with Gasteiger partial charge in [-0.25, -0.2) is 9.97 Å². The first-order valence-corrected chi connectivity index (χ1v) is 13.2. The molecule has 0 spiro atoms. The molecule has 3 N–H and O–H groups in total. The molecule has 0 aliphatic rings. The number of nitrogens with one attached hydrogen (secondary N) is 3. The maximum atomic E-state index is 12.3. The number of aryl methyl sites for hydroxylation is 1. The topological polar surface area (TPSA) is 105 Å². The van der Waals surface area contributed by atoms with Crippen LogP contribution in [0.4, 0.5) is 11.5 Å². The zero-order valence-electron chi connectivity index (χ0n) is 22.4. The summed E-state index contributed by atoms with van der Waals surface area (Å²) < 4.78 is 5.80. The van der Waals surface area contributed by atoms with Crippen molar-refractivity contribution in [3.05, 3.63) is 84.7 Å². The van der Waals surface area contributed by atoms with Crippen molar-refractivity contribution in [3.63, 3.8) is 0 Å². The van der Waals surface area contributed by atoms with E-state index in [0.29, 0.717) is 17.4 Å². The number of carbonyl (C=O) groups is 1. The fraction of sp³-hybridized carbons (Fsp3) is 0.226. The third kappa shape index (κ3) is 6.23. The Morgan fingerprint density at radius 2 is 1.77 bits per heavy atom. The monoisotopic (exact) mass is 520 g/mol. The van der Waals surface area contributed by atoms with Crippen molar-refractivity contribution in [1.82, 2.24) is 25.5 Å². The van der Waals surface area contributed by atoms with E-state index in [2.05, 4.69) is 47.7 Å². The zero-order chi connectivity index (χ0) is 27.2. The van der Waals surface area contributed by atoms with E-state index in [4.69, 9.17) is 14.7 Å². The van der Waals surface area contributed by atoms with E-state index in [1.54, 1.807) is 6.20 Å². The van der Waals surface area contributed by atoms with Gasteiger partial charge in [-0.15, -0.1) is 0 Å². The van der Waals surface area contributed by atoms with E-state index >= 15 is 0 Å². The van der Waals surface area contributed by atoms with Gasteiger partial charge < -0.3 is 15.4 Å². The lowest BCUT2D eigenvalue weighted by Gasteiger charge is -2.15. The lowest BCUT2D eigenvalue weighted by molar-refractivity contribution is -0.123. The van der Waals surface area contributed by atoms with E-state index < -0.39 is 0 Å². The van der Waals surface area contributed by atoms with Crippen LogP contribution < -0.4 is 15.4 Å². The summed E-state index contributed by atoms with van der Waals surface area (Å²) in [6.07, 6.45) is 5.45. The maximum Gasteiger partial charge on any atom is 0.258 e. The van der Waals surface area contributed by atoms with Crippen LogP contribution in [0.5, 0.6) is 5.75 Å². The van der Waals surface area contributed by atoms with Gasteiger partial charge in [0.15, 0.2) is 12.4 Å². The van der Waals surface area contributed by atoms with Gasteiger partial charge in [-0.3, -0.25) is 9.89 Å². The Hall–Kier alpha value is -4.72. The van der Waals surface area contributed by atoms with Crippen molar-refractivity contribution >= 4 is 28.3 Å². The number of H-pyrrole nitrogens is 1. The molecule has 2 aromatic heterocycles. The molecule has 3 aromatic carbocycles. The molecule has 0 radical (unpaired) electrons. The van der Waals surface area contributed by atoms with E-state index in [1.807, 2.05) is 66.9 Å². The molecule has 8 heteroatoms. The first-order chi connectivity index (χ1) is 19.0. The van der Waals surface area contributed by atoms with Crippen LogP contribution in [0.15, 0.2) is 79.1 Å². The normalized spacial score (nSPS) is 11.1. The van der Waals surface area contributed by atoms with Crippen molar-refractivity contribution in [2.45, 2.75) is 39.7 Å². The van der Waals surface area contributed by atoms with E-state index in [9.17, 15) is 4.79 Å². The average Bonchev–Trinajstić information content (AvgIpc) is 3.51. The highest BCUT2D eigenvalue weighted by Crippen LogP contribution is 2.30. The Labute approximate surface area is 227 Å². The van der Waals surface area contributed by atoms with Crippen molar-refractivity contribution in [1.29, 1.82) is 0 Å². The number of aromatic amines is 1. The highest BCUT2D eigenvalue weighted by Gasteiger charge is 2.13. The van der Waals surface area contributed by atoms with Crippen molar-refractivity contribution < 1.29 is 9.53 Å². The second-order valence-electron chi connectivity index (χ2n) is 9.50. The molecular weight excluding hydrogens is 488 g/mol. The fourth-order valence-electron chi connectivity index (χ4n) is 4.39. The summed E-state index contributed by atoms with van der Waals surface area (Å²) >= 11 is 0. The number of hydrogen-bond acceptors (Lipinski definition) is 6. The van der Waals surface area contributed by atoms with E-state index in [1.165, 1.54) is 0 Å². The van der Waals surface area contributed by atoms with Gasteiger partial charge in [0, 0.05) is 34.4 Å². The summed E-state index contributed by atoms with van der Waals surface area (Å²) in [5.41, 5.74) is 5.77. The Morgan fingerprint density at radius 3 is 2.51 bits per heavy atom. The van der Waals surface area contributed by atoms with Crippen LogP contribution in [0.3, 0.4) is 0 Å². The van der Waals surface area contributed by atoms with Gasteiger partial charge in [-0.05, 0) is 61.7 Å². The predicted molar refractivity (Wildman–Crippen MR) is 155 cm³/mol. The number of anilines is 2. The number of amides is 1. The summed E-state index contributed by atoms with van der Waals surface area (Å²) in [4.78, 5) is 22.0. The smallest absolute Gasteiger partial charge is 0.258 e. The molecule has 0 fully saturated rings. The maximum absolute atomic E-state index is 12.3. The zero-order valence-corrected chi connectivity index (χ0v) is 22.4. The molecule has 5 aromatic rings. The van der Waals surface area contributed by atoms with Crippen LogP contribution in [0.1, 0.15) is 32.3 Å². The molecule has 1 amide bonds. The number of nitrogens with zero attached hydrogens (tertiary/aromatic N) is 3. The Balaban J connectivity index is 1.40. The third-order valence-electron chi connectivity index (χ3n) is 6.64. The summed E-state index contributed by atoms with van der Waals surface area (Å²) in [5, 5.41) is 14.3. The van der Waals surface area contributed by atoms with Crippen molar-refractivity contribution in [3.8, 4) is 28.3 Å². The molecule has 8 nitrogen and oxygen atoms in total. The van der Waals surface area contributed by atoms with Crippen molar-refractivity contribution in [2.75, 3.05) is 11.9 Å². The third-order valence-corrected chi connectivity index (χ3v) is 6.64. The summed E-state index contributed by atoms with van der Waals surface area (Å²) in [5.74, 6) is 1.74. The van der Waals surface area contributed by atoms with Crippen LogP contribution in [0.25, 0.3) is 33.4 Å². The highest BCUT2D eigenvalue weighted by molar-refractivity contribution is 5.93. The molecular formula is C31H32N6O2. The first kappa shape index (κ1) is 25.9. The van der Waals surface area contributed by atoms with Crippen LogP contribution in [-0.4, -0.2) is 38.7 Å². The molecule has 2 heterocycles. The Bertz CT molecular complexity index is 1560. The minimum Gasteiger partial charge on any atom is -0.484 e. The van der Waals surface area contributed by atoms with Crippen LogP contribution >= 0.6 is 0 Å². The number of rotatable bonds is 10. The van der Waals surface area contributed by atoms with Crippen molar-refractivity contribution in [2.24, 2.45) is 0 Å². The molecule has 0 atom stereocenters. The average molecular weight is 521 g/mol. The number of carbonyl (C=O) groups excluding carboxylic acids is 1. The lowest BCUT2D eigenvalue weighted by Crippen LogP contribution is -2.37. The van der Waals surface area contributed by atoms with Gasteiger partial charge in [-0.1, -0.05) is 49.7 Å². The highest BCUT2D eigenvalue weighted by atomic mass is 16.5. The molecule has 0 saturated heterocycles. The second kappa shape index (κ2) is 11.8. The minimum atomic E-state index is -0.128. The fourth-order valence-corrected chi connectivity index (χ4v) is 4.39. The second-order valence-corrected chi connectivity index (χ2v) is 9.50. The van der Waals surface area contributed by atoms with Gasteiger partial charge in [0.25, 0.3) is 5.91 Å². The van der Waals surface area contributed by atoms with Crippen LogP contribution in [-0.2, 0) is 4.79 Å². The number of aromatic nitrogens is 4. The van der Waals surface area contributed by atoms with Gasteiger partial charge in [0.1, 0.15) is 11.6 Å². The quantitative estimate of drug-likeness (QED) is 0.196. The van der Waals surface area contributed by atoms with Crippen LogP contribution in [0, 0.1) is 6.92 Å². The summed E-state index contributed by atoms with van der Waals surface area (Å²) in [6.45, 7) is 6.13. The van der Waals surface area contributed by atoms with Gasteiger partial charge in [-0.2, -0.15) is 5.10 Å². The molecule has 0 bridgehead atoms. The van der Waals surface area contributed by atoms with Gasteiger partial charge in [0.05, 0.1) is 11.7 Å². The molecule has 5 rings (SSSR count). The number of hydrogen-bond donors (Lipinski definition) is 3. The number of ether oxygens (including phenoxy) is 1. The van der Waals surface area contributed by atoms with E-state index in [0.717, 1.165) is 51.7 Å². The molecule has 0 aliphatic heterocycles. The standard InChI is InChI=1S/C31H32N6O2/c1-4-24(5-2)34-29(38)19-39-26-8-6-7-22(16-26)30-36-28-14-9-20(3)15-27(28)31(37-30)35-25-12-10-21(11-13-25)23-17-32-33-18-23/h6-18,24H,4-5,19H2,1-3H3,(H,32,33)(H,34,38)(H,35,36,37). The molecule has 0 aliphatic carbocycles. The molecule has 39 heavy (non-hydrogen) atoms. The Morgan fingerprint density at radius 1 is 0.949 bits per heavy atom. The van der Waals surface area contributed by atoms with Crippen LogP contribution in [0.2, 0.25) is 0 Å². The molecule has 0 unspecified atom stereocenters. The van der Waals surface area contributed by atoms with E-state index in [-0.39, 0.29) is 18.6 Å². The minimum absolute atomic E-state index is 0.0422. The number of benzene rings is 3. The Kier molecular flexibility index (Phi) is 7.82. The largest absolute Gasteiger partial charge is 0.484 e. The first-order valence-electron chi connectivity index (χ1n) is 13.2. The summed E-state index contributed by atoms with van der Waals surface area (Å²) in [6, 6.07) is 21.9.